The van der Waals surface area contributed by atoms with E-state index in [1.54, 1.807) is 0 Å². The second kappa shape index (κ2) is 5.36. The predicted molar refractivity (Wildman–Crippen MR) is 72.3 cm³/mol. The Balaban J connectivity index is 1.92. The van der Waals surface area contributed by atoms with E-state index in [4.69, 9.17) is 4.74 Å². The lowest BCUT2D eigenvalue weighted by Gasteiger charge is -2.24. The summed E-state index contributed by atoms with van der Waals surface area (Å²) in [7, 11) is 2.02. The molecule has 0 aliphatic rings. The van der Waals surface area contributed by atoms with Crippen molar-refractivity contribution in [3.63, 3.8) is 0 Å². The van der Waals surface area contributed by atoms with Crippen molar-refractivity contribution in [3.8, 4) is 0 Å². The van der Waals surface area contributed by atoms with E-state index in [9.17, 15) is 0 Å². The predicted octanol–water partition coefficient (Wildman–Crippen LogP) is 2.91. The number of hydrogen-bond donors (Lipinski definition) is 0. The normalized spacial score (nSPS) is 11.7. The molecule has 0 fully saturated rings. The third-order valence-corrected chi connectivity index (χ3v) is 3.00. The van der Waals surface area contributed by atoms with Crippen molar-refractivity contribution in [2.45, 2.75) is 25.9 Å². The summed E-state index contributed by atoms with van der Waals surface area (Å²) in [5.41, 5.74) is 1.13. The highest BCUT2D eigenvalue weighted by Crippen LogP contribution is 2.21. The molecule has 0 N–H and O–H groups in total. The Bertz CT molecular complexity index is 488. The van der Waals surface area contributed by atoms with Crippen molar-refractivity contribution in [2.24, 2.45) is 7.05 Å². The summed E-state index contributed by atoms with van der Waals surface area (Å²) < 4.78 is 7.86. The summed E-state index contributed by atoms with van der Waals surface area (Å²) in [5.74, 6) is 1.05. The number of nitrogens with zero attached hydrogens (tertiary/aromatic N) is 2. The SMILES string of the molecule is Cn1ccnc1C(C)(C)COCc1ccccc1. The molecule has 1 heterocycles. The molecule has 96 valence electrons. The Hall–Kier alpha value is -1.61. The van der Waals surface area contributed by atoms with Gasteiger partial charge in [0.2, 0.25) is 0 Å². The summed E-state index contributed by atoms with van der Waals surface area (Å²) in [6, 6.07) is 10.2. The van der Waals surface area contributed by atoms with Gasteiger partial charge in [0.25, 0.3) is 0 Å². The molecule has 3 heteroatoms. The van der Waals surface area contributed by atoms with Crippen LogP contribution in [0.15, 0.2) is 42.7 Å². The number of aryl methyl sites for hydroxylation is 1. The van der Waals surface area contributed by atoms with E-state index in [0.29, 0.717) is 13.2 Å². The molecule has 3 nitrogen and oxygen atoms in total. The summed E-state index contributed by atoms with van der Waals surface area (Å²) in [4.78, 5) is 4.40. The fourth-order valence-electron chi connectivity index (χ4n) is 2.08. The van der Waals surface area contributed by atoms with Crippen LogP contribution in [0.2, 0.25) is 0 Å². The van der Waals surface area contributed by atoms with Crippen LogP contribution in [0.25, 0.3) is 0 Å². The van der Waals surface area contributed by atoms with Crippen molar-refractivity contribution in [3.05, 3.63) is 54.1 Å². The Morgan fingerprint density at radius 3 is 2.56 bits per heavy atom. The lowest BCUT2D eigenvalue weighted by atomic mass is 9.93. The minimum Gasteiger partial charge on any atom is -0.376 e. The molecule has 0 aliphatic heterocycles. The smallest absolute Gasteiger partial charge is 0.116 e. The first-order valence-corrected chi connectivity index (χ1v) is 6.19. The van der Waals surface area contributed by atoms with E-state index in [1.165, 1.54) is 5.56 Å². The number of hydrogen-bond acceptors (Lipinski definition) is 2. The molecular weight excluding hydrogens is 224 g/mol. The van der Waals surface area contributed by atoms with E-state index >= 15 is 0 Å². The molecule has 2 aromatic rings. The average molecular weight is 244 g/mol. The first kappa shape index (κ1) is 12.8. The number of benzene rings is 1. The number of imidazole rings is 1. The van der Waals surface area contributed by atoms with Gasteiger partial charge in [0.1, 0.15) is 5.82 Å². The van der Waals surface area contributed by atoms with Gasteiger partial charge >= 0.3 is 0 Å². The summed E-state index contributed by atoms with van der Waals surface area (Å²) in [6.45, 7) is 5.61. The molecule has 1 aromatic heterocycles. The summed E-state index contributed by atoms with van der Waals surface area (Å²) >= 11 is 0. The van der Waals surface area contributed by atoms with Gasteiger partial charge in [0.05, 0.1) is 13.2 Å². The maximum absolute atomic E-state index is 5.81. The van der Waals surface area contributed by atoms with Crippen molar-refractivity contribution >= 4 is 0 Å². The van der Waals surface area contributed by atoms with Crippen molar-refractivity contribution in [2.75, 3.05) is 6.61 Å². The maximum Gasteiger partial charge on any atom is 0.116 e. The van der Waals surface area contributed by atoms with Crippen LogP contribution in [0.4, 0.5) is 0 Å². The van der Waals surface area contributed by atoms with E-state index in [1.807, 2.05) is 42.2 Å². The largest absolute Gasteiger partial charge is 0.376 e. The molecule has 1 aromatic carbocycles. The Morgan fingerprint density at radius 2 is 1.94 bits per heavy atom. The highest BCUT2D eigenvalue weighted by atomic mass is 16.5. The van der Waals surface area contributed by atoms with E-state index in [2.05, 4.69) is 31.0 Å². The molecule has 2 rings (SSSR count). The van der Waals surface area contributed by atoms with Crippen LogP contribution in [0.3, 0.4) is 0 Å². The molecule has 0 saturated carbocycles. The van der Waals surface area contributed by atoms with Crippen LogP contribution in [-0.2, 0) is 23.8 Å². The molecule has 0 saturated heterocycles. The molecule has 0 spiro atoms. The quantitative estimate of drug-likeness (QED) is 0.808. The van der Waals surface area contributed by atoms with Crippen molar-refractivity contribution in [1.82, 2.24) is 9.55 Å². The average Bonchev–Trinajstić information content (AvgIpc) is 2.77. The van der Waals surface area contributed by atoms with Gasteiger partial charge in [-0.2, -0.15) is 0 Å². The second-order valence-electron chi connectivity index (χ2n) is 5.22. The lowest BCUT2D eigenvalue weighted by Crippen LogP contribution is -2.28. The second-order valence-corrected chi connectivity index (χ2v) is 5.22. The third-order valence-electron chi connectivity index (χ3n) is 3.00. The monoisotopic (exact) mass is 244 g/mol. The van der Waals surface area contributed by atoms with Gasteiger partial charge in [-0.3, -0.25) is 0 Å². The zero-order valence-corrected chi connectivity index (χ0v) is 11.3. The lowest BCUT2D eigenvalue weighted by molar-refractivity contribution is 0.0787. The summed E-state index contributed by atoms with van der Waals surface area (Å²) in [6.07, 6.45) is 3.79. The first-order chi connectivity index (χ1) is 8.59. The van der Waals surface area contributed by atoms with Crippen LogP contribution in [0, 0.1) is 0 Å². The van der Waals surface area contributed by atoms with Crippen molar-refractivity contribution in [1.29, 1.82) is 0 Å². The molecule has 18 heavy (non-hydrogen) atoms. The molecule has 0 atom stereocenters. The molecule has 0 aliphatic carbocycles. The minimum atomic E-state index is -0.0764. The fraction of sp³-hybridized carbons (Fsp3) is 0.400. The van der Waals surface area contributed by atoms with Crippen LogP contribution in [0.1, 0.15) is 25.2 Å². The zero-order chi connectivity index (χ0) is 13.0. The minimum absolute atomic E-state index is 0.0764. The van der Waals surface area contributed by atoms with Gasteiger partial charge in [-0.25, -0.2) is 4.98 Å². The number of rotatable bonds is 5. The molecule has 0 bridgehead atoms. The van der Waals surface area contributed by atoms with E-state index in [-0.39, 0.29) is 5.41 Å². The molecule has 0 unspecified atom stereocenters. The van der Waals surface area contributed by atoms with Gasteiger partial charge < -0.3 is 9.30 Å². The summed E-state index contributed by atoms with van der Waals surface area (Å²) in [5, 5.41) is 0. The van der Waals surface area contributed by atoms with Gasteiger partial charge in [-0.15, -0.1) is 0 Å². The highest BCUT2D eigenvalue weighted by Gasteiger charge is 2.25. The number of ether oxygens (including phenoxy) is 1. The van der Waals surface area contributed by atoms with Crippen LogP contribution >= 0.6 is 0 Å². The van der Waals surface area contributed by atoms with Crippen molar-refractivity contribution < 1.29 is 4.74 Å². The van der Waals surface area contributed by atoms with Crippen LogP contribution in [0.5, 0.6) is 0 Å². The first-order valence-electron chi connectivity index (χ1n) is 6.19. The van der Waals surface area contributed by atoms with E-state index < -0.39 is 0 Å². The van der Waals surface area contributed by atoms with E-state index in [0.717, 1.165) is 5.82 Å². The number of aromatic nitrogens is 2. The third kappa shape index (κ3) is 2.99. The fourth-order valence-corrected chi connectivity index (χ4v) is 2.08. The molecular formula is C15H20N2O. The Morgan fingerprint density at radius 1 is 1.22 bits per heavy atom. The zero-order valence-electron chi connectivity index (χ0n) is 11.3. The molecule has 0 radical (unpaired) electrons. The maximum atomic E-state index is 5.81. The van der Waals surface area contributed by atoms with Gasteiger partial charge in [-0.05, 0) is 5.56 Å². The standard InChI is InChI=1S/C15H20N2O/c1-15(2,14-16-9-10-17(14)3)12-18-11-13-7-5-4-6-8-13/h4-10H,11-12H2,1-3H3. The van der Waals surface area contributed by atoms with Gasteiger partial charge in [0, 0.05) is 24.9 Å². The topological polar surface area (TPSA) is 27.1 Å². The highest BCUT2D eigenvalue weighted by molar-refractivity contribution is 5.13. The Kier molecular flexibility index (Phi) is 3.82. The van der Waals surface area contributed by atoms with Gasteiger partial charge in [-0.1, -0.05) is 44.2 Å². The van der Waals surface area contributed by atoms with Crippen LogP contribution < -0.4 is 0 Å². The van der Waals surface area contributed by atoms with Gasteiger partial charge in [0.15, 0.2) is 0 Å². The van der Waals surface area contributed by atoms with Crippen LogP contribution in [-0.4, -0.2) is 16.2 Å². The molecule has 0 amide bonds. The Labute approximate surface area is 108 Å².